The van der Waals surface area contributed by atoms with E-state index in [-0.39, 0.29) is 12.5 Å². The molecule has 0 saturated carbocycles. The predicted octanol–water partition coefficient (Wildman–Crippen LogP) is 2.87. The summed E-state index contributed by atoms with van der Waals surface area (Å²) in [6, 6.07) is 3.70. The average molecular weight is 295 g/mol. The van der Waals surface area contributed by atoms with Crippen LogP contribution in [0.4, 0.5) is 8.78 Å². The predicted molar refractivity (Wildman–Crippen MR) is 74.9 cm³/mol. The fourth-order valence-electron chi connectivity index (χ4n) is 2.01. The molecule has 2 aromatic rings. The van der Waals surface area contributed by atoms with Crippen molar-refractivity contribution in [3.63, 3.8) is 0 Å². The Morgan fingerprint density at radius 1 is 1.33 bits per heavy atom. The van der Waals surface area contributed by atoms with E-state index in [1.165, 1.54) is 12.1 Å². The van der Waals surface area contributed by atoms with Crippen molar-refractivity contribution in [2.24, 2.45) is 0 Å². The maximum absolute atomic E-state index is 13.6. The van der Waals surface area contributed by atoms with E-state index < -0.39 is 11.6 Å². The molecule has 0 radical (unpaired) electrons. The van der Waals surface area contributed by atoms with Gasteiger partial charge in [-0.1, -0.05) is 18.1 Å². The number of hydrogen-bond acceptors (Lipinski definition) is 4. The van der Waals surface area contributed by atoms with Gasteiger partial charge in [0.25, 0.3) is 0 Å². The van der Waals surface area contributed by atoms with Gasteiger partial charge in [-0.25, -0.2) is 8.78 Å². The van der Waals surface area contributed by atoms with Crippen molar-refractivity contribution in [3.8, 4) is 0 Å². The van der Waals surface area contributed by atoms with E-state index in [2.05, 4.69) is 22.4 Å². The van der Waals surface area contributed by atoms with Crippen LogP contribution in [0.5, 0.6) is 0 Å². The van der Waals surface area contributed by atoms with Crippen molar-refractivity contribution in [3.05, 3.63) is 47.1 Å². The second-order valence-electron chi connectivity index (χ2n) is 5.08. The third kappa shape index (κ3) is 4.60. The number of nitrogens with zero attached hydrogens (tertiary/aromatic N) is 2. The Morgan fingerprint density at radius 2 is 2.14 bits per heavy atom. The first-order valence-corrected chi connectivity index (χ1v) is 7.07. The molecule has 0 bridgehead atoms. The van der Waals surface area contributed by atoms with E-state index >= 15 is 0 Å². The minimum Gasteiger partial charge on any atom is -0.339 e. The summed E-state index contributed by atoms with van der Waals surface area (Å²) in [5.74, 6) is -0.276. The van der Waals surface area contributed by atoms with Gasteiger partial charge >= 0.3 is 0 Å². The van der Waals surface area contributed by atoms with Crippen molar-refractivity contribution < 1.29 is 13.3 Å². The molecule has 1 heterocycles. The Morgan fingerprint density at radius 3 is 2.86 bits per heavy atom. The SMILES string of the molecule is CCCNC(C)Cc1nc(Cc2ccc(F)cc2F)no1. The van der Waals surface area contributed by atoms with Gasteiger partial charge in [-0.2, -0.15) is 4.98 Å². The molecular formula is C15H19F2N3O. The molecule has 114 valence electrons. The summed E-state index contributed by atoms with van der Waals surface area (Å²) in [7, 11) is 0. The smallest absolute Gasteiger partial charge is 0.228 e. The first kappa shape index (κ1) is 15.6. The normalized spacial score (nSPS) is 12.6. The number of aromatic nitrogens is 2. The number of benzene rings is 1. The van der Waals surface area contributed by atoms with Crippen LogP contribution < -0.4 is 5.32 Å². The third-order valence-corrected chi connectivity index (χ3v) is 3.10. The summed E-state index contributed by atoms with van der Waals surface area (Å²) in [5.41, 5.74) is 0.348. The first-order valence-electron chi connectivity index (χ1n) is 7.07. The second kappa shape index (κ2) is 7.26. The molecule has 0 aliphatic carbocycles. The summed E-state index contributed by atoms with van der Waals surface area (Å²) >= 11 is 0. The average Bonchev–Trinajstić information content (AvgIpc) is 2.87. The zero-order valence-electron chi connectivity index (χ0n) is 12.2. The van der Waals surface area contributed by atoms with Gasteiger partial charge in [-0.05, 0) is 31.5 Å². The summed E-state index contributed by atoms with van der Waals surface area (Å²) in [6.45, 7) is 5.07. The highest BCUT2D eigenvalue weighted by Crippen LogP contribution is 2.13. The Balaban J connectivity index is 1.96. The second-order valence-corrected chi connectivity index (χ2v) is 5.08. The van der Waals surface area contributed by atoms with Gasteiger partial charge in [0.05, 0.1) is 0 Å². The largest absolute Gasteiger partial charge is 0.339 e. The molecule has 0 aliphatic heterocycles. The van der Waals surface area contributed by atoms with Crippen molar-refractivity contribution >= 4 is 0 Å². The van der Waals surface area contributed by atoms with Gasteiger partial charge in [0.1, 0.15) is 11.6 Å². The molecule has 21 heavy (non-hydrogen) atoms. The Kier molecular flexibility index (Phi) is 5.38. The molecule has 2 rings (SSSR count). The molecule has 6 heteroatoms. The molecule has 1 atom stereocenters. The van der Waals surface area contributed by atoms with E-state index in [4.69, 9.17) is 4.52 Å². The van der Waals surface area contributed by atoms with Crippen LogP contribution in [0.15, 0.2) is 22.7 Å². The van der Waals surface area contributed by atoms with E-state index in [0.29, 0.717) is 23.7 Å². The van der Waals surface area contributed by atoms with E-state index in [9.17, 15) is 8.78 Å². The van der Waals surface area contributed by atoms with Crippen molar-refractivity contribution in [1.82, 2.24) is 15.5 Å². The lowest BCUT2D eigenvalue weighted by Gasteiger charge is -2.09. The van der Waals surface area contributed by atoms with Crippen LogP contribution in [-0.4, -0.2) is 22.7 Å². The van der Waals surface area contributed by atoms with Crippen LogP contribution >= 0.6 is 0 Å². The molecule has 0 amide bonds. The molecule has 1 aromatic carbocycles. The summed E-state index contributed by atoms with van der Waals surface area (Å²) < 4.78 is 31.5. The van der Waals surface area contributed by atoms with Gasteiger partial charge in [0.2, 0.25) is 5.89 Å². The molecule has 1 unspecified atom stereocenters. The Bertz CT molecular complexity index is 586. The molecule has 0 spiro atoms. The van der Waals surface area contributed by atoms with E-state index in [1.54, 1.807) is 0 Å². The van der Waals surface area contributed by atoms with Gasteiger partial charge in [0, 0.05) is 24.9 Å². The maximum atomic E-state index is 13.6. The van der Waals surface area contributed by atoms with Gasteiger partial charge in [0.15, 0.2) is 5.82 Å². The maximum Gasteiger partial charge on any atom is 0.228 e. The molecule has 0 fully saturated rings. The molecule has 1 aromatic heterocycles. The highest BCUT2D eigenvalue weighted by molar-refractivity contribution is 5.21. The van der Waals surface area contributed by atoms with Crippen molar-refractivity contribution in [2.45, 2.75) is 39.2 Å². The highest BCUT2D eigenvalue weighted by Gasteiger charge is 2.12. The zero-order valence-corrected chi connectivity index (χ0v) is 12.2. The van der Waals surface area contributed by atoms with Crippen LogP contribution in [-0.2, 0) is 12.8 Å². The lowest BCUT2D eigenvalue weighted by atomic mass is 10.1. The summed E-state index contributed by atoms with van der Waals surface area (Å²) in [6.07, 6.45) is 1.87. The Labute approximate surface area is 122 Å². The van der Waals surface area contributed by atoms with Crippen LogP contribution in [0.25, 0.3) is 0 Å². The summed E-state index contributed by atoms with van der Waals surface area (Å²) in [4.78, 5) is 4.24. The van der Waals surface area contributed by atoms with Crippen LogP contribution in [0.1, 0.15) is 37.5 Å². The fourth-order valence-corrected chi connectivity index (χ4v) is 2.01. The van der Waals surface area contributed by atoms with Crippen molar-refractivity contribution in [2.75, 3.05) is 6.54 Å². The van der Waals surface area contributed by atoms with Gasteiger partial charge < -0.3 is 9.84 Å². The number of halogens is 2. The molecule has 0 aliphatic rings. The minimum atomic E-state index is -0.598. The Hall–Kier alpha value is -1.82. The topological polar surface area (TPSA) is 51.0 Å². The molecule has 1 N–H and O–H groups in total. The van der Waals surface area contributed by atoms with Crippen LogP contribution in [0.2, 0.25) is 0 Å². The molecular weight excluding hydrogens is 276 g/mol. The third-order valence-electron chi connectivity index (χ3n) is 3.10. The number of rotatable bonds is 7. The van der Waals surface area contributed by atoms with Gasteiger partial charge in [-0.3, -0.25) is 0 Å². The lowest BCUT2D eigenvalue weighted by Crippen LogP contribution is -2.28. The highest BCUT2D eigenvalue weighted by atomic mass is 19.1. The number of hydrogen-bond donors (Lipinski definition) is 1. The fraction of sp³-hybridized carbons (Fsp3) is 0.467. The molecule has 0 saturated heterocycles. The zero-order chi connectivity index (χ0) is 15.2. The van der Waals surface area contributed by atoms with Crippen molar-refractivity contribution in [1.29, 1.82) is 0 Å². The van der Waals surface area contributed by atoms with Crippen LogP contribution in [0.3, 0.4) is 0 Å². The van der Waals surface area contributed by atoms with Crippen LogP contribution in [0, 0.1) is 11.6 Å². The standard InChI is InChI=1S/C15H19F2N3O/c1-3-6-18-10(2)7-15-19-14(20-21-15)8-11-4-5-12(16)9-13(11)17/h4-5,9-10,18H,3,6-8H2,1-2H3. The molecule has 4 nitrogen and oxygen atoms in total. The van der Waals surface area contributed by atoms with E-state index in [0.717, 1.165) is 19.0 Å². The number of nitrogens with one attached hydrogen (secondary N) is 1. The lowest BCUT2D eigenvalue weighted by molar-refractivity contribution is 0.358. The summed E-state index contributed by atoms with van der Waals surface area (Å²) in [5, 5.41) is 7.16. The first-order chi connectivity index (χ1) is 10.1. The monoisotopic (exact) mass is 295 g/mol. The van der Waals surface area contributed by atoms with Gasteiger partial charge in [-0.15, -0.1) is 0 Å². The quantitative estimate of drug-likeness (QED) is 0.853. The van der Waals surface area contributed by atoms with E-state index in [1.807, 2.05) is 6.92 Å². The minimum absolute atomic E-state index is 0.187.